The summed E-state index contributed by atoms with van der Waals surface area (Å²) >= 11 is 0. The van der Waals surface area contributed by atoms with Crippen LogP contribution in [0.4, 0.5) is 0 Å². The highest BCUT2D eigenvalue weighted by Crippen LogP contribution is 2.48. The maximum absolute atomic E-state index is 14.0. The van der Waals surface area contributed by atoms with E-state index in [1.165, 1.54) is 19.8 Å². The van der Waals surface area contributed by atoms with Crippen molar-refractivity contribution in [2.24, 2.45) is 23.7 Å². The number of amides is 1. The maximum Gasteiger partial charge on any atom is 0.307 e. The molecule has 0 heterocycles. The van der Waals surface area contributed by atoms with Crippen molar-refractivity contribution < 1.29 is 47.1 Å². The summed E-state index contributed by atoms with van der Waals surface area (Å²) in [4.78, 5) is 50.9. The number of Topliss-reactive ketones (excluding diaryl/α,β-unsaturated/α-hetero) is 1. The highest BCUT2D eigenvalue weighted by atomic mass is 28.4. The van der Waals surface area contributed by atoms with Crippen molar-refractivity contribution in [1.29, 1.82) is 0 Å². The van der Waals surface area contributed by atoms with Crippen LogP contribution in [0.5, 0.6) is 0 Å². The molecule has 4 N–H and O–H groups in total. The van der Waals surface area contributed by atoms with E-state index in [4.69, 9.17) is 17.7 Å². The molecule has 4 saturated carbocycles. The van der Waals surface area contributed by atoms with Crippen molar-refractivity contribution in [1.82, 2.24) is 10.6 Å². The van der Waals surface area contributed by atoms with E-state index < -0.39 is 68.9 Å². The third-order valence-electron chi connectivity index (χ3n) is 13.6. The minimum Gasteiger partial charge on any atom is -0.481 e. The molecular weight excluding hydrogens is 781 g/mol. The number of aliphatic carboxylic acids is 2. The Morgan fingerprint density at radius 3 is 1.48 bits per heavy atom. The standard InChI is InChI=1S/C40H76N2O10Si4/c1-27(43)36-23-32(17-19-34(36)39(45)46)55(7,8)52-56(9,10)33-18-20-35(40(47)48)37(24-33)38(44)42-29-14-12-16-31(22-29)50-26-54(5,6)51-53(3,4)25-49-30-15-11-13-28(21-30)41-2/h28-37,41H,11-26H2,1-10H3,(H,42,44)(H,45,46)(H,47,48). The molecule has 0 spiro atoms. The number of carboxylic acids is 2. The van der Waals surface area contributed by atoms with E-state index in [1.807, 2.05) is 7.05 Å². The largest absolute Gasteiger partial charge is 0.481 e. The third kappa shape index (κ3) is 13.4. The van der Waals surface area contributed by atoms with Crippen molar-refractivity contribution in [2.75, 3.05) is 19.5 Å². The summed E-state index contributed by atoms with van der Waals surface area (Å²) < 4.78 is 26.9. The Labute approximate surface area is 341 Å². The molecule has 0 aliphatic heterocycles. The lowest BCUT2D eigenvalue weighted by atomic mass is 9.77. The molecule has 16 heteroatoms. The fraction of sp³-hybridized carbons (Fsp3) is 0.900. The van der Waals surface area contributed by atoms with Crippen LogP contribution in [0, 0.1) is 23.7 Å². The van der Waals surface area contributed by atoms with Gasteiger partial charge in [0.2, 0.25) is 5.91 Å². The van der Waals surface area contributed by atoms with Crippen LogP contribution >= 0.6 is 0 Å². The van der Waals surface area contributed by atoms with Gasteiger partial charge in [-0.25, -0.2) is 0 Å². The fourth-order valence-corrected chi connectivity index (χ4v) is 28.4. The van der Waals surface area contributed by atoms with E-state index in [2.05, 4.69) is 63.0 Å². The molecule has 4 rings (SSSR count). The highest BCUT2D eigenvalue weighted by molar-refractivity contribution is 6.86. The molecule has 0 radical (unpaired) electrons. The molecule has 4 aliphatic carbocycles. The van der Waals surface area contributed by atoms with E-state index in [0.29, 0.717) is 63.1 Å². The zero-order chi connectivity index (χ0) is 41.6. The Kier molecular flexibility index (Phi) is 16.8. The quantitative estimate of drug-likeness (QED) is 0.103. The van der Waals surface area contributed by atoms with E-state index in [-0.39, 0.29) is 34.9 Å². The number of rotatable bonds is 18. The summed E-state index contributed by atoms with van der Waals surface area (Å²) in [6.07, 6.45) is 12.9. The molecule has 0 aromatic carbocycles. The molecule has 322 valence electrons. The average molecular weight is 857 g/mol. The predicted molar refractivity (Wildman–Crippen MR) is 228 cm³/mol. The summed E-state index contributed by atoms with van der Waals surface area (Å²) in [6.45, 7) is 19.2. The Hall–Kier alpha value is -1.25. The molecule has 10 atom stereocenters. The van der Waals surface area contributed by atoms with Gasteiger partial charge in [-0.3, -0.25) is 19.2 Å². The average Bonchev–Trinajstić information content (AvgIpc) is 3.12. The zero-order valence-corrected chi connectivity index (χ0v) is 40.2. The van der Waals surface area contributed by atoms with Gasteiger partial charge in [-0.1, -0.05) is 0 Å². The van der Waals surface area contributed by atoms with Crippen LogP contribution in [0.15, 0.2) is 0 Å². The molecule has 12 nitrogen and oxygen atoms in total. The lowest BCUT2D eigenvalue weighted by Crippen LogP contribution is -2.54. The first-order chi connectivity index (χ1) is 26.0. The van der Waals surface area contributed by atoms with Gasteiger partial charge >= 0.3 is 11.9 Å². The van der Waals surface area contributed by atoms with Crippen LogP contribution in [-0.2, 0) is 36.9 Å². The van der Waals surface area contributed by atoms with Gasteiger partial charge in [-0.2, -0.15) is 0 Å². The van der Waals surface area contributed by atoms with Crippen LogP contribution in [0.25, 0.3) is 0 Å². The number of hydrogen-bond acceptors (Lipinski definition) is 9. The number of ketones is 1. The van der Waals surface area contributed by atoms with Gasteiger partial charge in [0, 0.05) is 18.0 Å². The lowest BCUT2D eigenvalue weighted by molar-refractivity contribution is -0.149. The first-order valence-corrected chi connectivity index (χ1v) is 33.8. The van der Waals surface area contributed by atoms with Gasteiger partial charge < -0.3 is 38.6 Å². The molecule has 0 aromatic rings. The molecule has 56 heavy (non-hydrogen) atoms. The Balaban J connectivity index is 1.30. The SMILES string of the molecule is CNC1CCCC(OC[Si](C)(C)O[Si](C)(C)COC2CCCC(NC(=O)C3CC([Si](C)(C)O[Si](C)(C)C4CCC(C(=O)O)C(C(C)=O)C4)CCC3C(=O)O)C2)C1. The van der Waals surface area contributed by atoms with Crippen molar-refractivity contribution in [3.05, 3.63) is 0 Å². The number of ether oxygens (including phenoxy) is 2. The van der Waals surface area contributed by atoms with Crippen LogP contribution in [0.3, 0.4) is 0 Å². The molecule has 0 aromatic heterocycles. The predicted octanol–water partition coefficient (Wildman–Crippen LogP) is 7.24. The number of hydrogen-bond donors (Lipinski definition) is 4. The van der Waals surface area contributed by atoms with Gasteiger partial charge in [-0.15, -0.1) is 0 Å². The minimum absolute atomic E-state index is 0.0145. The first-order valence-electron chi connectivity index (χ1n) is 21.6. The van der Waals surface area contributed by atoms with E-state index in [0.717, 1.165) is 38.5 Å². The summed E-state index contributed by atoms with van der Waals surface area (Å²) in [5.74, 6) is -4.55. The Morgan fingerprint density at radius 2 is 1.02 bits per heavy atom. The molecule has 1 amide bonds. The van der Waals surface area contributed by atoms with Gasteiger partial charge in [0.1, 0.15) is 5.78 Å². The Morgan fingerprint density at radius 1 is 0.571 bits per heavy atom. The van der Waals surface area contributed by atoms with Crippen molar-refractivity contribution in [3.63, 3.8) is 0 Å². The van der Waals surface area contributed by atoms with Crippen molar-refractivity contribution >= 4 is 56.9 Å². The van der Waals surface area contributed by atoms with Crippen LogP contribution in [0.1, 0.15) is 96.8 Å². The zero-order valence-electron chi connectivity index (χ0n) is 36.2. The third-order valence-corrected chi connectivity index (χ3v) is 28.9. The molecule has 0 saturated heterocycles. The monoisotopic (exact) mass is 856 g/mol. The van der Waals surface area contributed by atoms with E-state index in [1.54, 1.807) is 0 Å². The topological polar surface area (TPSA) is 170 Å². The number of carbonyl (C=O) groups is 4. The van der Waals surface area contributed by atoms with Crippen LogP contribution < -0.4 is 10.6 Å². The van der Waals surface area contributed by atoms with E-state index in [9.17, 15) is 29.4 Å². The molecule has 0 bridgehead atoms. The fourth-order valence-electron chi connectivity index (χ4n) is 10.5. The van der Waals surface area contributed by atoms with Crippen LogP contribution in [-0.4, -0.2) is 111 Å². The number of nitrogens with one attached hydrogen (secondary N) is 2. The number of carboxylic acid groups (broad SMARTS) is 2. The second-order valence-electron chi connectivity index (χ2n) is 20.1. The summed E-state index contributed by atoms with van der Waals surface area (Å²) in [6, 6.07) is 0.462. The second kappa shape index (κ2) is 19.9. The van der Waals surface area contributed by atoms with Crippen molar-refractivity contribution in [3.8, 4) is 0 Å². The summed E-state index contributed by atoms with van der Waals surface area (Å²) in [5.41, 5.74) is 0.274. The summed E-state index contributed by atoms with van der Waals surface area (Å²) in [7, 11) is -7.01. The summed E-state index contributed by atoms with van der Waals surface area (Å²) in [5, 5.41) is 26.7. The molecule has 4 fully saturated rings. The first kappa shape index (κ1) is 47.4. The van der Waals surface area contributed by atoms with Gasteiger partial charge in [0.25, 0.3) is 0 Å². The Bertz CT molecular complexity index is 1370. The molecule has 10 unspecified atom stereocenters. The smallest absolute Gasteiger partial charge is 0.307 e. The van der Waals surface area contributed by atoms with E-state index >= 15 is 0 Å². The van der Waals surface area contributed by atoms with Gasteiger partial charge in [-0.05, 0) is 167 Å². The highest BCUT2D eigenvalue weighted by Gasteiger charge is 2.51. The van der Waals surface area contributed by atoms with Gasteiger partial charge in [0.15, 0.2) is 33.3 Å². The normalized spacial score (nSPS) is 32.4. The lowest BCUT2D eigenvalue weighted by Gasteiger charge is -2.47. The van der Waals surface area contributed by atoms with Gasteiger partial charge in [0.05, 0.1) is 42.4 Å². The molecule has 4 aliphatic rings. The minimum atomic E-state index is -2.44. The van der Waals surface area contributed by atoms with Crippen LogP contribution in [0.2, 0.25) is 63.5 Å². The number of carbonyl (C=O) groups excluding carboxylic acids is 2. The molecular formula is C40H76N2O10Si4. The van der Waals surface area contributed by atoms with Crippen molar-refractivity contribution in [2.45, 2.75) is 185 Å². The second-order valence-corrected chi connectivity index (χ2v) is 37.3. The maximum atomic E-state index is 14.0.